The fourth-order valence-electron chi connectivity index (χ4n) is 2.41. The number of carboxylic acid groups (broad SMARTS) is 1. The number of aromatic nitrogens is 3. The maximum Gasteiger partial charge on any atom is 0.305 e. The number of amides is 1. The quantitative estimate of drug-likeness (QED) is 0.883. The number of aliphatic carboxylic acids is 1. The molecular formula is C16H22N4O3. The van der Waals surface area contributed by atoms with Crippen molar-refractivity contribution in [1.29, 1.82) is 0 Å². The number of nitrogens with zero attached hydrogens (tertiary/aromatic N) is 4. The predicted molar refractivity (Wildman–Crippen MR) is 86.3 cm³/mol. The van der Waals surface area contributed by atoms with Gasteiger partial charge in [0, 0.05) is 30.2 Å². The highest BCUT2D eigenvalue weighted by molar-refractivity contribution is 5.97. The Morgan fingerprint density at radius 1 is 1.26 bits per heavy atom. The molecule has 0 aromatic carbocycles. The average molecular weight is 318 g/mol. The van der Waals surface area contributed by atoms with Crippen LogP contribution in [-0.2, 0) is 4.79 Å². The molecule has 124 valence electrons. The summed E-state index contributed by atoms with van der Waals surface area (Å²) >= 11 is 0. The number of hydrogen-bond acceptors (Lipinski definition) is 4. The third kappa shape index (κ3) is 3.67. The van der Waals surface area contributed by atoms with Gasteiger partial charge < -0.3 is 10.0 Å². The van der Waals surface area contributed by atoms with Gasteiger partial charge in [-0.3, -0.25) is 9.59 Å². The van der Waals surface area contributed by atoms with E-state index in [2.05, 4.69) is 10.1 Å². The van der Waals surface area contributed by atoms with Crippen LogP contribution in [0, 0.1) is 0 Å². The molecule has 7 nitrogen and oxygen atoms in total. The van der Waals surface area contributed by atoms with E-state index in [1.165, 1.54) is 6.20 Å². The summed E-state index contributed by atoms with van der Waals surface area (Å²) in [5, 5.41) is 13.9. The van der Waals surface area contributed by atoms with Gasteiger partial charge in [0.25, 0.3) is 5.91 Å². The molecule has 0 aliphatic rings. The maximum absolute atomic E-state index is 12.6. The molecule has 2 rings (SSSR count). The van der Waals surface area contributed by atoms with E-state index in [0.29, 0.717) is 5.56 Å². The number of carbonyl (C=O) groups excluding carboxylic acids is 1. The summed E-state index contributed by atoms with van der Waals surface area (Å²) in [6.45, 7) is 7.93. The maximum atomic E-state index is 12.6. The summed E-state index contributed by atoms with van der Waals surface area (Å²) in [5.41, 5.74) is 1.18. The lowest BCUT2D eigenvalue weighted by atomic mass is 10.2. The van der Waals surface area contributed by atoms with Gasteiger partial charge in [-0.15, -0.1) is 0 Å². The Morgan fingerprint density at radius 3 is 2.52 bits per heavy atom. The fraction of sp³-hybridized carbons (Fsp3) is 0.500. The monoisotopic (exact) mass is 318 g/mol. The lowest BCUT2D eigenvalue weighted by Gasteiger charge is -2.26. The Hall–Kier alpha value is -2.44. The Labute approximate surface area is 134 Å². The Bertz CT molecular complexity index is 721. The van der Waals surface area contributed by atoms with Gasteiger partial charge in [0.1, 0.15) is 0 Å². The van der Waals surface area contributed by atoms with E-state index in [1.807, 2.05) is 27.7 Å². The average Bonchev–Trinajstić information content (AvgIpc) is 2.89. The second kappa shape index (κ2) is 6.76. The fourth-order valence-corrected chi connectivity index (χ4v) is 2.41. The SMILES string of the molecule is CC(C)N(CCC(=O)O)C(=O)c1cnc2c(cnn2C(C)C)c1. The zero-order chi connectivity index (χ0) is 17.1. The van der Waals surface area contributed by atoms with E-state index in [1.54, 1.807) is 21.8 Å². The summed E-state index contributed by atoms with van der Waals surface area (Å²) in [4.78, 5) is 29.3. The second-order valence-electron chi connectivity index (χ2n) is 6.06. The predicted octanol–water partition coefficient (Wildman–Crippen LogP) is 2.34. The van der Waals surface area contributed by atoms with Crippen LogP contribution in [0.3, 0.4) is 0 Å². The van der Waals surface area contributed by atoms with Gasteiger partial charge >= 0.3 is 5.97 Å². The first-order valence-corrected chi connectivity index (χ1v) is 7.67. The topological polar surface area (TPSA) is 88.3 Å². The summed E-state index contributed by atoms with van der Waals surface area (Å²) in [6, 6.07) is 1.85. The first-order chi connectivity index (χ1) is 10.8. The van der Waals surface area contributed by atoms with Crippen LogP contribution in [-0.4, -0.2) is 49.2 Å². The molecule has 23 heavy (non-hydrogen) atoms. The van der Waals surface area contributed by atoms with Gasteiger partial charge in [0.05, 0.1) is 18.2 Å². The molecule has 0 radical (unpaired) electrons. The van der Waals surface area contributed by atoms with Crippen LogP contribution >= 0.6 is 0 Å². The van der Waals surface area contributed by atoms with Crippen molar-refractivity contribution < 1.29 is 14.7 Å². The molecule has 0 saturated carbocycles. The molecule has 7 heteroatoms. The van der Waals surface area contributed by atoms with E-state index in [4.69, 9.17) is 5.11 Å². The lowest BCUT2D eigenvalue weighted by Crippen LogP contribution is -2.38. The molecule has 1 amide bonds. The number of pyridine rings is 1. The zero-order valence-electron chi connectivity index (χ0n) is 13.9. The van der Waals surface area contributed by atoms with Gasteiger partial charge in [-0.2, -0.15) is 5.10 Å². The molecule has 2 aromatic rings. The summed E-state index contributed by atoms with van der Waals surface area (Å²) < 4.78 is 1.80. The van der Waals surface area contributed by atoms with Gasteiger partial charge in [0.15, 0.2) is 5.65 Å². The Kier molecular flexibility index (Phi) is 4.98. The van der Waals surface area contributed by atoms with E-state index < -0.39 is 5.97 Å². The third-order valence-electron chi connectivity index (χ3n) is 3.62. The molecule has 0 spiro atoms. The normalized spacial score (nSPS) is 11.4. The molecule has 1 N–H and O–H groups in total. The molecule has 0 aliphatic carbocycles. The van der Waals surface area contributed by atoms with Crippen LogP contribution in [0.15, 0.2) is 18.5 Å². The second-order valence-corrected chi connectivity index (χ2v) is 6.06. The first-order valence-electron chi connectivity index (χ1n) is 7.67. The minimum Gasteiger partial charge on any atom is -0.481 e. The first kappa shape index (κ1) is 16.9. The van der Waals surface area contributed by atoms with Crippen molar-refractivity contribution in [2.75, 3.05) is 6.54 Å². The smallest absolute Gasteiger partial charge is 0.305 e. The number of hydrogen-bond donors (Lipinski definition) is 1. The van der Waals surface area contributed by atoms with Crippen molar-refractivity contribution in [3.63, 3.8) is 0 Å². The summed E-state index contributed by atoms with van der Waals surface area (Å²) in [5.74, 6) is -1.14. The highest BCUT2D eigenvalue weighted by atomic mass is 16.4. The van der Waals surface area contributed by atoms with Crippen molar-refractivity contribution in [3.8, 4) is 0 Å². The standard InChI is InChI=1S/C16H22N4O3/c1-10(2)19(6-5-14(21)22)16(23)13-7-12-9-18-20(11(3)4)15(12)17-8-13/h7-11H,5-6H2,1-4H3,(H,21,22). The number of carbonyl (C=O) groups is 2. The Balaban J connectivity index is 2.30. The number of fused-ring (bicyclic) bond motifs is 1. The van der Waals surface area contributed by atoms with Crippen molar-refractivity contribution >= 4 is 22.9 Å². The highest BCUT2D eigenvalue weighted by Crippen LogP contribution is 2.18. The van der Waals surface area contributed by atoms with Crippen LogP contribution in [0.25, 0.3) is 11.0 Å². The van der Waals surface area contributed by atoms with Gasteiger partial charge in [-0.25, -0.2) is 9.67 Å². The van der Waals surface area contributed by atoms with E-state index in [-0.39, 0.29) is 31.0 Å². The molecule has 0 unspecified atom stereocenters. The van der Waals surface area contributed by atoms with Crippen LogP contribution in [0.5, 0.6) is 0 Å². The van der Waals surface area contributed by atoms with Crippen LogP contribution in [0.4, 0.5) is 0 Å². The molecule has 0 saturated heterocycles. The summed E-state index contributed by atoms with van der Waals surface area (Å²) in [6.07, 6.45) is 3.14. The van der Waals surface area contributed by atoms with E-state index in [9.17, 15) is 9.59 Å². The Morgan fingerprint density at radius 2 is 1.96 bits per heavy atom. The molecule has 2 aromatic heterocycles. The third-order valence-corrected chi connectivity index (χ3v) is 3.62. The molecular weight excluding hydrogens is 296 g/mol. The van der Waals surface area contributed by atoms with Crippen molar-refractivity contribution in [2.24, 2.45) is 0 Å². The molecule has 0 fully saturated rings. The molecule has 0 bridgehead atoms. The molecule has 0 aliphatic heterocycles. The summed E-state index contributed by atoms with van der Waals surface area (Å²) in [7, 11) is 0. The minimum absolute atomic E-state index is 0.0785. The van der Waals surface area contributed by atoms with Crippen molar-refractivity contribution in [3.05, 3.63) is 24.0 Å². The van der Waals surface area contributed by atoms with Crippen LogP contribution in [0.2, 0.25) is 0 Å². The lowest BCUT2D eigenvalue weighted by molar-refractivity contribution is -0.137. The number of rotatable bonds is 6. The van der Waals surface area contributed by atoms with Crippen molar-refractivity contribution in [1.82, 2.24) is 19.7 Å². The van der Waals surface area contributed by atoms with E-state index in [0.717, 1.165) is 11.0 Å². The zero-order valence-corrected chi connectivity index (χ0v) is 13.9. The van der Waals surface area contributed by atoms with Gasteiger partial charge in [0.2, 0.25) is 0 Å². The van der Waals surface area contributed by atoms with Crippen LogP contribution in [0.1, 0.15) is 50.5 Å². The van der Waals surface area contributed by atoms with Crippen LogP contribution < -0.4 is 0 Å². The number of carboxylic acids is 1. The largest absolute Gasteiger partial charge is 0.481 e. The van der Waals surface area contributed by atoms with E-state index >= 15 is 0 Å². The van der Waals surface area contributed by atoms with Gasteiger partial charge in [-0.05, 0) is 33.8 Å². The van der Waals surface area contributed by atoms with Crippen molar-refractivity contribution in [2.45, 2.75) is 46.2 Å². The van der Waals surface area contributed by atoms with Gasteiger partial charge in [-0.1, -0.05) is 0 Å². The highest BCUT2D eigenvalue weighted by Gasteiger charge is 2.21. The molecule has 2 heterocycles. The molecule has 0 atom stereocenters. The minimum atomic E-state index is -0.921.